The van der Waals surface area contributed by atoms with Gasteiger partial charge in [-0.15, -0.1) is 0 Å². The average Bonchev–Trinajstić information content (AvgIpc) is 2.41. The number of hydrogen-bond acceptors (Lipinski definition) is 0. The van der Waals surface area contributed by atoms with Crippen molar-refractivity contribution in [2.45, 2.75) is 13.1 Å². The fourth-order valence-corrected chi connectivity index (χ4v) is 1.67. The van der Waals surface area contributed by atoms with Gasteiger partial charge in [0.1, 0.15) is 5.15 Å². The molecule has 0 fully saturated rings. The Bertz CT molecular complexity index is 513. The van der Waals surface area contributed by atoms with Crippen molar-refractivity contribution in [1.29, 1.82) is 0 Å². The van der Waals surface area contributed by atoms with Crippen molar-refractivity contribution < 1.29 is 13.2 Å². The van der Waals surface area contributed by atoms with E-state index >= 15 is 0 Å². The number of hydrogen-bond donors (Lipinski definition) is 1. The van der Waals surface area contributed by atoms with E-state index < -0.39 is 11.7 Å². The topological polar surface area (TPSA) is 15.8 Å². The Labute approximate surface area is 88.9 Å². The first-order chi connectivity index (χ1) is 6.89. The van der Waals surface area contributed by atoms with Gasteiger partial charge in [-0.05, 0) is 30.7 Å². The van der Waals surface area contributed by atoms with Crippen molar-refractivity contribution >= 4 is 22.5 Å². The van der Waals surface area contributed by atoms with E-state index in [9.17, 15) is 13.2 Å². The van der Waals surface area contributed by atoms with Crippen LogP contribution < -0.4 is 0 Å². The van der Waals surface area contributed by atoms with Crippen LogP contribution in [0.4, 0.5) is 13.2 Å². The Hall–Kier alpha value is -1.16. The summed E-state index contributed by atoms with van der Waals surface area (Å²) in [6.07, 6.45) is -4.32. The molecule has 0 aliphatic heterocycles. The van der Waals surface area contributed by atoms with Crippen molar-refractivity contribution in [3.8, 4) is 0 Å². The predicted molar refractivity (Wildman–Crippen MR) is 53.0 cm³/mol. The van der Waals surface area contributed by atoms with Crippen LogP contribution in [0.15, 0.2) is 18.2 Å². The van der Waals surface area contributed by atoms with Crippen molar-refractivity contribution in [2.24, 2.45) is 0 Å². The van der Waals surface area contributed by atoms with Gasteiger partial charge in [0, 0.05) is 10.9 Å². The Morgan fingerprint density at radius 3 is 2.53 bits per heavy atom. The second-order valence-corrected chi connectivity index (χ2v) is 3.70. The van der Waals surface area contributed by atoms with E-state index in [0.717, 1.165) is 12.1 Å². The molecule has 2 rings (SSSR count). The minimum absolute atomic E-state index is 0.379. The monoisotopic (exact) mass is 233 g/mol. The van der Waals surface area contributed by atoms with E-state index in [4.69, 9.17) is 11.6 Å². The Morgan fingerprint density at radius 2 is 1.93 bits per heavy atom. The molecule has 1 nitrogen and oxygen atoms in total. The number of rotatable bonds is 0. The molecule has 0 saturated carbocycles. The molecule has 1 heterocycles. The molecule has 0 unspecified atom stereocenters. The van der Waals surface area contributed by atoms with Gasteiger partial charge in [-0.2, -0.15) is 13.2 Å². The zero-order valence-electron chi connectivity index (χ0n) is 7.74. The van der Waals surface area contributed by atoms with Crippen LogP contribution in [0.25, 0.3) is 10.9 Å². The fraction of sp³-hybridized carbons (Fsp3) is 0.200. The average molecular weight is 234 g/mol. The molecule has 0 radical (unpaired) electrons. The first-order valence-corrected chi connectivity index (χ1v) is 4.62. The summed E-state index contributed by atoms with van der Waals surface area (Å²) in [6, 6.07) is 3.53. The Morgan fingerprint density at radius 1 is 1.27 bits per heavy atom. The summed E-state index contributed by atoms with van der Waals surface area (Å²) in [4.78, 5) is 2.80. The third-order valence-corrected chi connectivity index (χ3v) is 2.70. The quantitative estimate of drug-likeness (QED) is 0.704. The van der Waals surface area contributed by atoms with Crippen LogP contribution in [0.3, 0.4) is 0 Å². The molecule has 5 heteroatoms. The van der Waals surface area contributed by atoms with Crippen LogP contribution >= 0.6 is 11.6 Å². The van der Waals surface area contributed by atoms with Gasteiger partial charge in [0.15, 0.2) is 0 Å². The lowest BCUT2D eigenvalue weighted by atomic mass is 10.1. The second kappa shape index (κ2) is 3.17. The first kappa shape index (κ1) is 10.4. The highest BCUT2D eigenvalue weighted by Crippen LogP contribution is 2.33. The zero-order valence-corrected chi connectivity index (χ0v) is 8.50. The van der Waals surface area contributed by atoms with Crippen molar-refractivity contribution in [3.05, 3.63) is 34.5 Å². The molecule has 0 amide bonds. The summed E-state index contributed by atoms with van der Waals surface area (Å²) in [5, 5.41) is 0.888. The molecule has 1 N–H and O–H groups in total. The van der Waals surface area contributed by atoms with Crippen LogP contribution in [0.5, 0.6) is 0 Å². The van der Waals surface area contributed by atoms with Gasteiger partial charge in [-0.1, -0.05) is 11.6 Å². The minimum atomic E-state index is -4.32. The normalized spacial score (nSPS) is 12.3. The number of fused-ring (bicyclic) bond motifs is 1. The summed E-state index contributed by atoms with van der Waals surface area (Å²) in [5.74, 6) is 0. The number of aryl methyl sites for hydroxylation is 1. The van der Waals surface area contributed by atoms with Gasteiger partial charge in [0.05, 0.1) is 5.56 Å². The van der Waals surface area contributed by atoms with Gasteiger partial charge in [0.25, 0.3) is 0 Å². The smallest absolute Gasteiger partial charge is 0.345 e. The van der Waals surface area contributed by atoms with E-state index in [1.165, 1.54) is 6.07 Å². The predicted octanol–water partition coefficient (Wildman–Crippen LogP) is 4.15. The molecule has 0 aliphatic rings. The molecule has 1 aromatic heterocycles. The second-order valence-electron chi connectivity index (χ2n) is 3.32. The molecule has 2 aromatic rings. The van der Waals surface area contributed by atoms with Crippen LogP contribution in [0.1, 0.15) is 11.1 Å². The number of aromatic nitrogens is 1. The highest BCUT2D eigenvalue weighted by molar-refractivity contribution is 6.31. The highest BCUT2D eigenvalue weighted by Gasteiger charge is 2.30. The standard InChI is InChI=1S/C10H7ClF3N/c1-5-7-4-6(10(12,13)14)2-3-8(7)15-9(5)11/h2-4,15H,1H3. The van der Waals surface area contributed by atoms with E-state index in [-0.39, 0.29) is 0 Å². The summed E-state index contributed by atoms with van der Waals surface area (Å²) in [7, 11) is 0. The summed E-state index contributed by atoms with van der Waals surface area (Å²) in [6.45, 7) is 1.68. The molecule has 0 bridgehead atoms. The Balaban J connectivity index is 2.70. The van der Waals surface area contributed by atoms with Gasteiger partial charge in [-0.3, -0.25) is 0 Å². The molecule has 0 atom stereocenters. The molecule has 1 aromatic carbocycles. The van der Waals surface area contributed by atoms with Crippen LogP contribution in [-0.2, 0) is 6.18 Å². The number of halogens is 4. The van der Waals surface area contributed by atoms with Crippen LogP contribution in [0, 0.1) is 6.92 Å². The van der Waals surface area contributed by atoms with Crippen LogP contribution in [0.2, 0.25) is 5.15 Å². The maximum atomic E-state index is 12.4. The van der Waals surface area contributed by atoms with Gasteiger partial charge in [0.2, 0.25) is 0 Å². The summed E-state index contributed by atoms with van der Waals surface area (Å²) in [5.41, 5.74) is 0.594. The van der Waals surface area contributed by atoms with E-state index in [2.05, 4.69) is 4.98 Å². The van der Waals surface area contributed by atoms with Gasteiger partial charge in [-0.25, -0.2) is 0 Å². The van der Waals surface area contributed by atoms with Crippen LogP contribution in [-0.4, -0.2) is 4.98 Å². The number of nitrogens with one attached hydrogen (secondary N) is 1. The molecular weight excluding hydrogens is 227 g/mol. The van der Waals surface area contributed by atoms with E-state index in [1.54, 1.807) is 6.92 Å². The van der Waals surface area contributed by atoms with Gasteiger partial charge >= 0.3 is 6.18 Å². The molecule has 0 aliphatic carbocycles. The molecule has 15 heavy (non-hydrogen) atoms. The highest BCUT2D eigenvalue weighted by atomic mass is 35.5. The number of aromatic amines is 1. The largest absolute Gasteiger partial charge is 0.416 e. The zero-order chi connectivity index (χ0) is 11.2. The lowest BCUT2D eigenvalue weighted by molar-refractivity contribution is -0.137. The van der Waals surface area contributed by atoms with Crippen molar-refractivity contribution in [2.75, 3.05) is 0 Å². The number of benzene rings is 1. The third-order valence-electron chi connectivity index (χ3n) is 2.32. The fourth-order valence-electron chi connectivity index (χ4n) is 1.47. The summed E-state index contributed by atoms with van der Waals surface area (Å²) >= 11 is 5.78. The molecule has 80 valence electrons. The van der Waals surface area contributed by atoms with E-state index in [0.29, 0.717) is 21.6 Å². The lowest BCUT2D eigenvalue weighted by Gasteiger charge is -2.06. The lowest BCUT2D eigenvalue weighted by Crippen LogP contribution is -2.04. The maximum absolute atomic E-state index is 12.4. The van der Waals surface area contributed by atoms with Gasteiger partial charge < -0.3 is 4.98 Å². The Kier molecular flexibility index (Phi) is 2.19. The summed E-state index contributed by atoms with van der Waals surface area (Å²) < 4.78 is 37.2. The van der Waals surface area contributed by atoms with Crippen molar-refractivity contribution in [1.82, 2.24) is 4.98 Å². The van der Waals surface area contributed by atoms with Crippen molar-refractivity contribution in [3.63, 3.8) is 0 Å². The molecule has 0 spiro atoms. The molecule has 0 saturated heterocycles. The van der Waals surface area contributed by atoms with E-state index in [1.807, 2.05) is 0 Å². The number of alkyl halides is 3. The maximum Gasteiger partial charge on any atom is 0.416 e. The third kappa shape index (κ3) is 1.69. The molecular formula is C10H7ClF3N. The number of H-pyrrole nitrogens is 1. The first-order valence-electron chi connectivity index (χ1n) is 4.24. The minimum Gasteiger partial charge on any atom is -0.345 e. The SMILES string of the molecule is Cc1c(Cl)[nH]c2ccc(C(F)(F)F)cc12.